The highest BCUT2D eigenvalue weighted by molar-refractivity contribution is 5.95. The standard InChI is InChI=1S/C42H64O15/c1-37(2)23-8-11-42(7)32(21(44)16-19-20-17-39(4,36(52)53)13-12-38(20,3)14-15-41(19,42)6)40(23,5)10-9-24(37)55-35-31(27(47)25(45)22(18-43)54-35)57-34-29(49)26(46)28(48)30(56-34)33(50)51/h16,20,22-32,34-35,43,45-49H,8-15,17-18H2,1-7H3,(H,50,51)(H,52,53)/t20-,22-,23+,24+,25+,26+,27+,28+,29-,30+,31-,32-,34+,35-,38-,39+,40+,41-,42-/m1/s1. The molecule has 0 bridgehead atoms. The number of aliphatic hydroxyl groups excluding tert-OH is 6. The van der Waals surface area contributed by atoms with Crippen LogP contribution in [0.1, 0.15) is 106 Å². The molecule has 7 aliphatic rings. The van der Waals surface area contributed by atoms with Crippen LogP contribution < -0.4 is 0 Å². The van der Waals surface area contributed by atoms with Gasteiger partial charge in [0.2, 0.25) is 0 Å². The third-order valence-corrected chi connectivity index (χ3v) is 17.3. The molecular weight excluding hydrogens is 744 g/mol. The lowest BCUT2D eigenvalue weighted by molar-refractivity contribution is -0.375. The van der Waals surface area contributed by atoms with Gasteiger partial charge in [0.15, 0.2) is 24.5 Å². The van der Waals surface area contributed by atoms with Gasteiger partial charge in [-0.2, -0.15) is 0 Å². The van der Waals surface area contributed by atoms with E-state index < -0.39 is 102 Å². The molecule has 0 unspecified atom stereocenters. The highest BCUT2D eigenvalue weighted by Crippen LogP contribution is 2.75. The van der Waals surface area contributed by atoms with E-state index in [2.05, 4.69) is 41.5 Å². The third-order valence-electron chi connectivity index (χ3n) is 17.3. The molecule has 0 radical (unpaired) electrons. The Kier molecular flexibility index (Phi) is 10.8. The number of hydrogen-bond acceptors (Lipinski definition) is 13. The number of fused-ring (bicyclic) bond motifs is 7. The van der Waals surface area contributed by atoms with Crippen LogP contribution in [0.15, 0.2) is 11.6 Å². The SMILES string of the molecule is CC1(C)[C@@H](O[C@H]2O[C@H](CO)[C@H](O)[C@H](O)[C@H]2O[C@@H]2O[C@H](C(=O)O)[C@@H](O)[C@H](O)[C@H]2O)CC[C@]2(C)[C@H]3C(=O)C=C4[C@H]5C[C@@](C)(C(=O)O)CC[C@]5(C)CC[C@@]4(C)[C@]3(C)CC[C@@H]12. The van der Waals surface area contributed by atoms with Crippen LogP contribution in [0.4, 0.5) is 0 Å². The lowest BCUT2D eigenvalue weighted by Gasteiger charge is -2.70. The van der Waals surface area contributed by atoms with Crippen LogP contribution >= 0.6 is 0 Å². The number of ether oxygens (including phenoxy) is 4. The molecule has 6 fully saturated rings. The van der Waals surface area contributed by atoms with E-state index in [0.29, 0.717) is 25.7 Å². The second-order valence-electron chi connectivity index (χ2n) is 20.6. The van der Waals surface area contributed by atoms with Gasteiger partial charge in [0.25, 0.3) is 0 Å². The van der Waals surface area contributed by atoms with Gasteiger partial charge >= 0.3 is 11.9 Å². The van der Waals surface area contributed by atoms with E-state index in [1.807, 2.05) is 13.0 Å². The van der Waals surface area contributed by atoms with Crippen molar-refractivity contribution in [3.8, 4) is 0 Å². The summed E-state index contributed by atoms with van der Waals surface area (Å²) in [6.07, 6.45) is -9.70. The minimum Gasteiger partial charge on any atom is -0.481 e. The van der Waals surface area contributed by atoms with E-state index in [0.717, 1.165) is 37.7 Å². The first-order valence-electron chi connectivity index (χ1n) is 20.8. The number of ketones is 1. The van der Waals surface area contributed by atoms with Gasteiger partial charge in [-0.1, -0.05) is 47.1 Å². The fraction of sp³-hybridized carbons (Fsp3) is 0.881. The predicted molar refractivity (Wildman–Crippen MR) is 199 cm³/mol. The number of aliphatic hydroxyl groups is 6. The van der Waals surface area contributed by atoms with Crippen molar-refractivity contribution in [3.63, 3.8) is 0 Å². The number of rotatable bonds is 7. The summed E-state index contributed by atoms with van der Waals surface area (Å²) >= 11 is 0. The second-order valence-corrected chi connectivity index (χ2v) is 20.6. The lowest BCUT2D eigenvalue weighted by Crippen LogP contribution is -2.68. The smallest absolute Gasteiger partial charge is 0.335 e. The van der Waals surface area contributed by atoms with E-state index in [1.54, 1.807) is 0 Å². The van der Waals surface area contributed by atoms with Crippen LogP contribution in [-0.4, -0.2) is 133 Å². The molecule has 8 N–H and O–H groups in total. The topological polar surface area (TPSA) is 250 Å². The first-order chi connectivity index (χ1) is 26.4. The van der Waals surface area contributed by atoms with Gasteiger partial charge in [-0.15, -0.1) is 0 Å². The molecule has 4 saturated carbocycles. The van der Waals surface area contributed by atoms with Crippen molar-refractivity contribution >= 4 is 17.7 Å². The summed E-state index contributed by atoms with van der Waals surface area (Å²) in [6, 6.07) is 0. The van der Waals surface area contributed by atoms with Crippen LogP contribution in [0.3, 0.4) is 0 Å². The van der Waals surface area contributed by atoms with Gasteiger partial charge in [0.05, 0.1) is 18.1 Å². The molecule has 322 valence electrons. The molecule has 7 rings (SSSR count). The van der Waals surface area contributed by atoms with Gasteiger partial charge in [-0.3, -0.25) is 9.59 Å². The van der Waals surface area contributed by atoms with Gasteiger partial charge in [0, 0.05) is 5.92 Å². The zero-order valence-electron chi connectivity index (χ0n) is 34.2. The summed E-state index contributed by atoms with van der Waals surface area (Å²) in [5.74, 6) is -2.62. The van der Waals surface area contributed by atoms with Crippen LogP contribution in [0.2, 0.25) is 0 Å². The van der Waals surface area contributed by atoms with E-state index in [1.165, 1.54) is 0 Å². The molecule has 0 spiro atoms. The number of carboxylic acids is 2. The summed E-state index contributed by atoms with van der Waals surface area (Å²) in [7, 11) is 0. The van der Waals surface area contributed by atoms with E-state index in [9.17, 15) is 55.2 Å². The Hall–Kier alpha value is -2.05. The second kappa shape index (κ2) is 14.3. The Labute approximate surface area is 333 Å². The molecule has 15 heteroatoms. The fourth-order valence-corrected chi connectivity index (χ4v) is 13.4. The predicted octanol–water partition coefficient (Wildman–Crippen LogP) is 2.15. The minimum absolute atomic E-state index is 0.00433. The van der Waals surface area contributed by atoms with Crippen molar-refractivity contribution in [2.24, 2.45) is 50.2 Å². The first kappa shape index (κ1) is 43.1. The average molecular weight is 809 g/mol. The molecule has 0 amide bonds. The maximum absolute atomic E-state index is 14.8. The molecule has 0 aromatic rings. The fourth-order valence-electron chi connectivity index (χ4n) is 13.4. The maximum atomic E-state index is 14.8. The Morgan fingerprint density at radius 3 is 2.07 bits per heavy atom. The number of allylic oxidation sites excluding steroid dienone is 2. The summed E-state index contributed by atoms with van der Waals surface area (Å²) in [6.45, 7) is 14.4. The Balaban J connectivity index is 1.16. The van der Waals surface area contributed by atoms with Crippen LogP contribution in [0.5, 0.6) is 0 Å². The molecule has 0 aromatic carbocycles. The minimum atomic E-state index is -1.98. The third kappa shape index (κ3) is 6.31. The summed E-state index contributed by atoms with van der Waals surface area (Å²) < 4.78 is 23.8. The zero-order chi connectivity index (χ0) is 42.0. The Morgan fingerprint density at radius 2 is 1.44 bits per heavy atom. The van der Waals surface area contributed by atoms with Crippen molar-refractivity contribution in [1.29, 1.82) is 0 Å². The Bertz CT molecular complexity index is 1650. The first-order valence-corrected chi connectivity index (χ1v) is 20.8. The normalized spacial score (nSPS) is 53.4. The highest BCUT2D eigenvalue weighted by atomic mass is 16.8. The molecule has 2 aliphatic heterocycles. The number of hydrogen-bond donors (Lipinski definition) is 8. The monoisotopic (exact) mass is 808 g/mol. The van der Waals surface area contributed by atoms with E-state index >= 15 is 0 Å². The number of carbonyl (C=O) groups excluding carboxylic acids is 1. The molecule has 2 saturated heterocycles. The molecule has 2 heterocycles. The average Bonchev–Trinajstić information content (AvgIpc) is 3.13. The molecule has 15 nitrogen and oxygen atoms in total. The molecule has 0 aromatic heterocycles. The van der Waals surface area contributed by atoms with Crippen LogP contribution in [0, 0.1) is 50.2 Å². The zero-order valence-corrected chi connectivity index (χ0v) is 34.2. The Morgan fingerprint density at radius 1 is 0.772 bits per heavy atom. The molecule has 19 atom stereocenters. The van der Waals surface area contributed by atoms with Crippen molar-refractivity contribution < 1.29 is 74.2 Å². The quantitative estimate of drug-likeness (QED) is 0.172. The van der Waals surface area contributed by atoms with Gasteiger partial charge in [-0.05, 0) is 110 Å². The lowest BCUT2D eigenvalue weighted by atomic mass is 9.33. The number of carbonyl (C=O) groups is 3. The number of carboxylic acid groups (broad SMARTS) is 2. The molecular formula is C42H64O15. The van der Waals surface area contributed by atoms with Crippen LogP contribution in [-0.2, 0) is 33.3 Å². The van der Waals surface area contributed by atoms with Gasteiger partial charge < -0.3 is 59.8 Å². The highest BCUT2D eigenvalue weighted by Gasteiger charge is 2.71. The largest absolute Gasteiger partial charge is 0.481 e. The summed E-state index contributed by atoms with van der Waals surface area (Å²) in [5, 5.41) is 83.3. The summed E-state index contributed by atoms with van der Waals surface area (Å²) in [5.41, 5.74) is -1.51. The summed E-state index contributed by atoms with van der Waals surface area (Å²) in [4.78, 5) is 39.1. The van der Waals surface area contributed by atoms with Gasteiger partial charge in [-0.25, -0.2) is 4.79 Å². The van der Waals surface area contributed by atoms with E-state index in [4.69, 9.17) is 18.9 Å². The molecule has 57 heavy (non-hydrogen) atoms. The van der Waals surface area contributed by atoms with Crippen molar-refractivity contribution in [1.82, 2.24) is 0 Å². The number of aliphatic carboxylic acids is 2. The van der Waals surface area contributed by atoms with Crippen molar-refractivity contribution in [2.45, 2.75) is 174 Å². The van der Waals surface area contributed by atoms with Crippen LogP contribution in [0.25, 0.3) is 0 Å². The van der Waals surface area contributed by atoms with Gasteiger partial charge in [0.1, 0.15) is 42.7 Å². The van der Waals surface area contributed by atoms with Crippen molar-refractivity contribution in [3.05, 3.63) is 11.6 Å². The van der Waals surface area contributed by atoms with Crippen molar-refractivity contribution in [2.75, 3.05) is 6.61 Å². The molecule has 5 aliphatic carbocycles. The maximum Gasteiger partial charge on any atom is 0.335 e. The van der Waals surface area contributed by atoms with E-state index in [-0.39, 0.29) is 39.8 Å².